The third kappa shape index (κ3) is 3.96. The van der Waals surface area contributed by atoms with Crippen LogP contribution in [0.2, 0.25) is 0 Å². The van der Waals surface area contributed by atoms with Gasteiger partial charge in [0.1, 0.15) is 5.82 Å². The second-order valence-corrected chi connectivity index (χ2v) is 7.44. The van der Waals surface area contributed by atoms with E-state index in [1.54, 1.807) is 6.92 Å². The molecule has 24 heavy (non-hydrogen) atoms. The summed E-state index contributed by atoms with van der Waals surface area (Å²) in [4.78, 5) is 15.0. The minimum absolute atomic E-state index is 0.113. The molecule has 1 aromatic carbocycles. The number of carbonyl (C=O) groups is 1. The van der Waals surface area contributed by atoms with Crippen molar-refractivity contribution in [3.05, 3.63) is 35.5 Å². The van der Waals surface area contributed by atoms with E-state index < -0.39 is 44.9 Å². The molecule has 1 unspecified atom stereocenters. The molecule has 1 aromatic heterocycles. The van der Waals surface area contributed by atoms with E-state index >= 15 is 0 Å². The Bertz CT molecular complexity index is 898. The van der Waals surface area contributed by atoms with Crippen LogP contribution in [-0.4, -0.2) is 32.3 Å². The van der Waals surface area contributed by atoms with Crippen molar-refractivity contribution in [3.8, 4) is 11.4 Å². The maximum absolute atomic E-state index is 14.0. The van der Waals surface area contributed by atoms with Crippen LogP contribution in [0.4, 0.5) is 17.6 Å². The number of amides is 1. The van der Waals surface area contributed by atoms with Crippen LogP contribution in [0.5, 0.6) is 0 Å². The normalized spacial score (nSPS) is 14.2. The third-order valence-electron chi connectivity index (χ3n) is 2.94. The smallest absolute Gasteiger partial charge is 0.329 e. The summed E-state index contributed by atoms with van der Waals surface area (Å²) in [6.45, 7) is 1.56. The van der Waals surface area contributed by atoms with Crippen LogP contribution in [0.15, 0.2) is 27.1 Å². The Labute approximate surface area is 134 Å². The highest BCUT2D eigenvalue weighted by atomic mass is 32.2. The molecule has 2 rings (SSSR count). The van der Waals surface area contributed by atoms with Crippen molar-refractivity contribution >= 4 is 15.6 Å². The van der Waals surface area contributed by atoms with Crippen LogP contribution in [0.25, 0.3) is 11.4 Å². The van der Waals surface area contributed by atoms with Crippen LogP contribution in [0.1, 0.15) is 23.2 Å². The lowest BCUT2D eigenvalue weighted by Crippen LogP contribution is -2.07. The van der Waals surface area contributed by atoms with Gasteiger partial charge in [-0.2, -0.15) is 22.5 Å². The zero-order valence-corrected chi connectivity index (χ0v) is 13.2. The monoisotopic (exact) mass is 365 g/mol. The second-order valence-electron chi connectivity index (χ2n) is 4.76. The van der Waals surface area contributed by atoms with E-state index in [0.29, 0.717) is 0 Å². The number of benzene rings is 1. The quantitative estimate of drug-likeness (QED) is 0.780. The molecule has 11 heteroatoms. The van der Waals surface area contributed by atoms with Crippen LogP contribution in [-0.2, 0) is 15.9 Å². The molecule has 0 radical (unpaired) electrons. The molecular formula is C13H11F4N3O3S. The topological polar surface area (TPSA) is 85.4 Å². The number of aromatic nitrogens is 2. The predicted octanol–water partition coefficient (Wildman–Crippen LogP) is 3.15. The maximum atomic E-state index is 14.0. The molecule has 2 aromatic rings. The van der Waals surface area contributed by atoms with Crippen LogP contribution < -0.4 is 0 Å². The highest BCUT2D eigenvalue weighted by Crippen LogP contribution is 2.29. The largest absolute Gasteiger partial charge is 0.471 e. The lowest BCUT2D eigenvalue weighted by Gasteiger charge is -2.02. The summed E-state index contributed by atoms with van der Waals surface area (Å²) >= 11 is 0. The minimum Gasteiger partial charge on any atom is -0.329 e. The summed E-state index contributed by atoms with van der Waals surface area (Å²) in [6.07, 6.45) is -3.56. The van der Waals surface area contributed by atoms with Gasteiger partial charge in [-0.25, -0.2) is 8.60 Å². The Morgan fingerprint density at radius 2 is 2.04 bits per heavy atom. The van der Waals surface area contributed by atoms with Crippen molar-refractivity contribution in [2.24, 2.45) is 4.36 Å². The molecule has 1 atom stereocenters. The summed E-state index contributed by atoms with van der Waals surface area (Å²) < 4.78 is 70.5. The number of hydrogen-bond donors (Lipinski definition) is 0. The first-order valence-corrected chi connectivity index (χ1v) is 8.57. The van der Waals surface area contributed by atoms with Gasteiger partial charge in [-0.3, -0.25) is 4.79 Å². The number of carbonyl (C=O) groups excluding carboxylic acids is 1. The highest BCUT2D eigenvalue weighted by molar-refractivity contribution is 7.93. The van der Waals surface area contributed by atoms with Crippen molar-refractivity contribution in [2.45, 2.75) is 13.1 Å². The molecular weight excluding hydrogens is 354 g/mol. The summed E-state index contributed by atoms with van der Waals surface area (Å²) in [5, 5.41) is 3.11. The molecule has 1 heterocycles. The zero-order chi connectivity index (χ0) is 18.1. The van der Waals surface area contributed by atoms with Crippen molar-refractivity contribution in [1.82, 2.24) is 10.1 Å². The molecule has 0 saturated carbocycles. The van der Waals surface area contributed by atoms with Gasteiger partial charge >= 0.3 is 12.1 Å². The number of nitrogens with zero attached hydrogens (tertiary/aromatic N) is 3. The molecule has 130 valence electrons. The predicted molar refractivity (Wildman–Crippen MR) is 76.1 cm³/mol. The summed E-state index contributed by atoms with van der Waals surface area (Å²) in [7, 11) is -2.76. The van der Waals surface area contributed by atoms with Crippen molar-refractivity contribution in [2.75, 3.05) is 12.0 Å². The molecule has 0 aliphatic heterocycles. The fourth-order valence-electron chi connectivity index (χ4n) is 1.57. The SMILES string of the molecule is CCS(C)(=O)=NC(=O)c1ccc(-c2noc(C(F)(F)F)n2)cc1F. The first-order valence-electron chi connectivity index (χ1n) is 6.48. The Morgan fingerprint density at radius 3 is 2.54 bits per heavy atom. The van der Waals surface area contributed by atoms with Gasteiger partial charge in [0.25, 0.3) is 5.91 Å². The van der Waals surface area contributed by atoms with Crippen LogP contribution in [0, 0.1) is 5.82 Å². The Kier molecular flexibility index (Phi) is 4.74. The van der Waals surface area contributed by atoms with E-state index in [-0.39, 0.29) is 11.3 Å². The fourth-order valence-corrected chi connectivity index (χ4v) is 2.15. The van der Waals surface area contributed by atoms with Crippen molar-refractivity contribution < 1.29 is 31.1 Å². The van der Waals surface area contributed by atoms with Crippen molar-refractivity contribution in [3.63, 3.8) is 0 Å². The van der Waals surface area contributed by atoms with Gasteiger partial charge in [-0.15, -0.1) is 0 Å². The Morgan fingerprint density at radius 1 is 1.38 bits per heavy atom. The molecule has 6 nitrogen and oxygen atoms in total. The molecule has 0 N–H and O–H groups in total. The molecule has 1 amide bonds. The number of hydrogen-bond acceptors (Lipinski definition) is 5. The van der Waals surface area contributed by atoms with Gasteiger partial charge in [0, 0.05) is 17.6 Å². The van der Waals surface area contributed by atoms with Gasteiger partial charge in [-0.05, 0) is 12.1 Å². The minimum atomic E-state index is -4.82. The van der Waals surface area contributed by atoms with Gasteiger partial charge < -0.3 is 4.52 Å². The molecule has 0 aliphatic carbocycles. The van der Waals surface area contributed by atoms with E-state index in [1.165, 1.54) is 6.26 Å². The zero-order valence-electron chi connectivity index (χ0n) is 12.4. The number of halogens is 4. The van der Waals surface area contributed by atoms with E-state index in [1.807, 2.05) is 0 Å². The van der Waals surface area contributed by atoms with E-state index in [0.717, 1.165) is 18.2 Å². The van der Waals surface area contributed by atoms with Gasteiger partial charge in [0.05, 0.1) is 15.3 Å². The summed E-state index contributed by atoms with van der Waals surface area (Å²) in [5.41, 5.74) is -0.572. The van der Waals surface area contributed by atoms with E-state index in [9.17, 15) is 26.6 Å². The first kappa shape index (κ1) is 18.0. The Hall–Kier alpha value is -2.30. The van der Waals surface area contributed by atoms with Gasteiger partial charge in [0.15, 0.2) is 0 Å². The van der Waals surface area contributed by atoms with E-state index in [2.05, 4.69) is 19.0 Å². The van der Waals surface area contributed by atoms with Crippen molar-refractivity contribution in [1.29, 1.82) is 0 Å². The average Bonchev–Trinajstić information content (AvgIpc) is 2.96. The lowest BCUT2D eigenvalue weighted by atomic mass is 10.1. The average molecular weight is 365 g/mol. The van der Waals surface area contributed by atoms with Crippen LogP contribution in [0.3, 0.4) is 0 Å². The first-order chi connectivity index (χ1) is 11.0. The maximum Gasteiger partial charge on any atom is 0.471 e. The highest BCUT2D eigenvalue weighted by Gasteiger charge is 2.38. The number of rotatable bonds is 3. The summed E-state index contributed by atoms with van der Waals surface area (Å²) in [6, 6.07) is 2.92. The third-order valence-corrected chi connectivity index (χ3v) is 4.56. The molecule has 0 spiro atoms. The Balaban J connectivity index is 2.37. The molecule has 0 saturated heterocycles. The van der Waals surface area contributed by atoms with Gasteiger partial charge in [0.2, 0.25) is 5.82 Å². The second kappa shape index (κ2) is 6.30. The fraction of sp³-hybridized carbons (Fsp3) is 0.308. The molecule has 0 aliphatic rings. The lowest BCUT2D eigenvalue weighted by molar-refractivity contribution is -0.159. The molecule has 0 fully saturated rings. The summed E-state index contributed by atoms with van der Waals surface area (Å²) in [5.74, 6) is -4.00. The molecule has 0 bridgehead atoms. The van der Waals surface area contributed by atoms with E-state index in [4.69, 9.17) is 0 Å². The van der Waals surface area contributed by atoms with Gasteiger partial charge in [-0.1, -0.05) is 18.1 Å². The van der Waals surface area contributed by atoms with Crippen LogP contribution >= 0.6 is 0 Å². The standard InChI is InChI=1S/C13H11F4N3O3S/c1-3-24(2,22)20-11(21)8-5-4-7(6-9(8)14)10-18-12(23-19-10)13(15,16)17/h4-6H,3H2,1-2H3. The number of alkyl halides is 3.